The van der Waals surface area contributed by atoms with Crippen LogP contribution in [0.4, 0.5) is 5.82 Å². The highest BCUT2D eigenvalue weighted by Gasteiger charge is 2.08. The van der Waals surface area contributed by atoms with Gasteiger partial charge in [0.05, 0.1) is 0 Å². The van der Waals surface area contributed by atoms with E-state index in [4.69, 9.17) is 0 Å². The first-order valence-corrected chi connectivity index (χ1v) is 8.10. The average Bonchev–Trinajstić information content (AvgIpc) is 3.34. The highest BCUT2D eigenvalue weighted by atomic mass is 15.5. The van der Waals surface area contributed by atoms with E-state index in [1.54, 1.807) is 10.9 Å². The third-order valence-corrected chi connectivity index (χ3v) is 2.34. The predicted octanol–water partition coefficient (Wildman–Crippen LogP) is 4.18. The van der Waals surface area contributed by atoms with E-state index in [0.717, 1.165) is 18.2 Å². The second-order valence-corrected chi connectivity index (χ2v) is 3.42. The molecule has 0 saturated carbocycles. The molecule has 0 fully saturated rings. The van der Waals surface area contributed by atoms with Crippen LogP contribution in [0.15, 0.2) is 48.9 Å². The van der Waals surface area contributed by atoms with Gasteiger partial charge in [0, 0.05) is 25.1 Å². The number of aromatic nitrogens is 3. The number of nitrogens with one attached hydrogen (secondary N) is 1. The molecule has 0 aliphatic carbocycles. The van der Waals surface area contributed by atoms with Crippen molar-refractivity contribution in [2.75, 3.05) is 11.6 Å². The average molecular weight is 303 g/mol. The number of pyridine rings is 1. The van der Waals surface area contributed by atoms with Crippen LogP contribution < -0.4 is 10.4 Å². The molecule has 2 aromatic rings. The Hall–Kier alpha value is -2.14. The summed E-state index contributed by atoms with van der Waals surface area (Å²) in [5.74, 6) is 1.67. The van der Waals surface area contributed by atoms with Crippen molar-refractivity contribution >= 4 is 5.82 Å². The SMILES string of the molecule is C1=CN(c2cccc(-n3cccn3)n2)NC1.CC.CC.CC. The molecule has 122 valence electrons. The standard InChI is InChI=1S/C11H11N5.3C2H6/c1-4-10(15-8-2-6-12-15)14-11(5-1)16-9-3-7-13-16;3*1-2/h1-6,8-9,13H,7H2;3*1-2H3. The number of rotatable bonds is 2. The molecule has 0 bridgehead atoms. The molecule has 0 aromatic carbocycles. The van der Waals surface area contributed by atoms with Gasteiger partial charge in [0.25, 0.3) is 0 Å². The van der Waals surface area contributed by atoms with Crippen LogP contribution in [0.1, 0.15) is 41.5 Å². The topological polar surface area (TPSA) is 46.0 Å². The molecule has 1 aliphatic rings. The Kier molecular flexibility index (Phi) is 11.4. The summed E-state index contributed by atoms with van der Waals surface area (Å²) in [4.78, 5) is 4.51. The van der Waals surface area contributed by atoms with Gasteiger partial charge < -0.3 is 0 Å². The zero-order valence-electron chi connectivity index (χ0n) is 14.6. The van der Waals surface area contributed by atoms with Gasteiger partial charge in [0.2, 0.25) is 0 Å². The van der Waals surface area contributed by atoms with Crippen LogP contribution in [-0.4, -0.2) is 21.3 Å². The molecule has 0 radical (unpaired) electrons. The van der Waals surface area contributed by atoms with Crippen LogP contribution in [0.3, 0.4) is 0 Å². The Labute approximate surface area is 134 Å². The largest absolute Gasteiger partial charge is 0.267 e. The second-order valence-electron chi connectivity index (χ2n) is 3.42. The van der Waals surface area contributed by atoms with Crippen molar-refractivity contribution in [3.05, 3.63) is 48.9 Å². The Bertz CT molecular complexity index is 506. The number of hydrogen-bond donors (Lipinski definition) is 1. The minimum Gasteiger partial charge on any atom is -0.267 e. The van der Waals surface area contributed by atoms with Crippen LogP contribution in [0.2, 0.25) is 0 Å². The summed E-state index contributed by atoms with van der Waals surface area (Å²) in [5, 5.41) is 6.05. The van der Waals surface area contributed by atoms with Crippen molar-refractivity contribution in [3.63, 3.8) is 0 Å². The Balaban J connectivity index is 0.000000661. The fraction of sp³-hybridized carbons (Fsp3) is 0.412. The van der Waals surface area contributed by atoms with Gasteiger partial charge in [-0.05, 0) is 18.2 Å². The van der Waals surface area contributed by atoms with E-state index < -0.39 is 0 Å². The molecule has 1 N–H and O–H groups in total. The maximum absolute atomic E-state index is 4.51. The maximum Gasteiger partial charge on any atom is 0.155 e. The van der Waals surface area contributed by atoms with E-state index in [9.17, 15) is 0 Å². The summed E-state index contributed by atoms with van der Waals surface area (Å²) in [6.07, 6.45) is 7.62. The first-order chi connectivity index (χ1) is 10.9. The van der Waals surface area contributed by atoms with Crippen molar-refractivity contribution in [3.8, 4) is 5.82 Å². The molecule has 22 heavy (non-hydrogen) atoms. The lowest BCUT2D eigenvalue weighted by Crippen LogP contribution is -2.29. The first-order valence-electron chi connectivity index (χ1n) is 8.10. The monoisotopic (exact) mass is 303 g/mol. The Morgan fingerprint density at radius 3 is 2.18 bits per heavy atom. The number of anilines is 1. The molecule has 0 atom stereocenters. The van der Waals surface area contributed by atoms with Crippen LogP contribution >= 0.6 is 0 Å². The maximum atomic E-state index is 4.51. The molecule has 1 aliphatic heterocycles. The van der Waals surface area contributed by atoms with Crippen LogP contribution in [0.25, 0.3) is 5.82 Å². The van der Waals surface area contributed by atoms with Crippen molar-refractivity contribution in [2.24, 2.45) is 0 Å². The van der Waals surface area contributed by atoms with Crippen molar-refractivity contribution in [1.82, 2.24) is 20.2 Å². The number of nitrogens with zero attached hydrogens (tertiary/aromatic N) is 4. The van der Waals surface area contributed by atoms with Crippen molar-refractivity contribution < 1.29 is 0 Å². The lowest BCUT2D eigenvalue weighted by atomic mass is 10.4. The fourth-order valence-corrected chi connectivity index (χ4v) is 1.60. The summed E-state index contributed by atoms with van der Waals surface area (Å²) in [6.45, 7) is 12.8. The van der Waals surface area contributed by atoms with E-state index in [0.29, 0.717) is 0 Å². The van der Waals surface area contributed by atoms with Crippen LogP contribution in [0, 0.1) is 0 Å². The van der Waals surface area contributed by atoms with E-state index in [2.05, 4.69) is 15.5 Å². The van der Waals surface area contributed by atoms with E-state index in [-0.39, 0.29) is 0 Å². The van der Waals surface area contributed by atoms with Gasteiger partial charge in [-0.15, -0.1) is 0 Å². The third-order valence-electron chi connectivity index (χ3n) is 2.34. The molecular weight excluding hydrogens is 274 g/mol. The van der Waals surface area contributed by atoms with Gasteiger partial charge in [-0.3, -0.25) is 5.01 Å². The quantitative estimate of drug-likeness (QED) is 0.904. The lowest BCUT2D eigenvalue weighted by Gasteiger charge is -2.15. The zero-order valence-corrected chi connectivity index (χ0v) is 14.6. The van der Waals surface area contributed by atoms with Gasteiger partial charge in [-0.25, -0.2) is 15.1 Å². The molecule has 0 unspecified atom stereocenters. The summed E-state index contributed by atoms with van der Waals surface area (Å²) >= 11 is 0. The second kappa shape index (κ2) is 12.6. The fourth-order valence-electron chi connectivity index (χ4n) is 1.60. The van der Waals surface area contributed by atoms with Crippen molar-refractivity contribution in [2.45, 2.75) is 41.5 Å². The van der Waals surface area contributed by atoms with E-state index in [1.165, 1.54) is 0 Å². The molecule has 3 rings (SSSR count). The molecule has 5 nitrogen and oxygen atoms in total. The van der Waals surface area contributed by atoms with Gasteiger partial charge in [0.1, 0.15) is 5.82 Å². The van der Waals surface area contributed by atoms with Crippen LogP contribution in [0.5, 0.6) is 0 Å². The van der Waals surface area contributed by atoms with Gasteiger partial charge in [-0.2, -0.15) is 5.10 Å². The van der Waals surface area contributed by atoms with Gasteiger partial charge in [-0.1, -0.05) is 53.7 Å². The first kappa shape index (κ1) is 19.9. The minimum absolute atomic E-state index is 0.810. The van der Waals surface area contributed by atoms with Gasteiger partial charge in [0.15, 0.2) is 5.82 Å². The predicted molar refractivity (Wildman–Crippen MR) is 95.0 cm³/mol. The number of hydrogen-bond acceptors (Lipinski definition) is 4. The van der Waals surface area contributed by atoms with Crippen molar-refractivity contribution in [1.29, 1.82) is 0 Å². The summed E-state index contributed by atoms with van der Waals surface area (Å²) in [6, 6.07) is 7.72. The summed E-state index contributed by atoms with van der Waals surface area (Å²) < 4.78 is 1.74. The summed E-state index contributed by atoms with van der Waals surface area (Å²) in [7, 11) is 0. The zero-order chi connectivity index (χ0) is 16.8. The number of hydrazine groups is 1. The normalized spacial score (nSPS) is 11.5. The smallest absolute Gasteiger partial charge is 0.155 e. The van der Waals surface area contributed by atoms with E-state index in [1.807, 2.05) is 89.3 Å². The molecule has 0 saturated heterocycles. The molecule has 0 spiro atoms. The molecule has 5 heteroatoms. The Morgan fingerprint density at radius 1 is 0.955 bits per heavy atom. The highest BCUT2D eigenvalue weighted by molar-refractivity contribution is 5.45. The molecule has 0 amide bonds. The van der Waals surface area contributed by atoms with E-state index >= 15 is 0 Å². The minimum atomic E-state index is 0.810. The third kappa shape index (κ3) is 5.69. The highest BCUT2D eigenvalue weighted by Crippen LogP contribution is 2.13. The van der Waals surface area contributed by atoms with Gasteiger partial charge >= 0.3 is 0 Å². The molecular formula is C17H29N5. The Morgan fingerprint density at radius 2 is 1.64 bits per heavy atom. The molecule has 2 aromatic heterocycles. The lowest BCUT2D eigenvalue weighted by molar-refractivity contribution is 0.786. The van der Waals surface area contributed by atoms with Crippen LogP contribution in [-0.2, 0) is 0 Å². The molecule has 3 heterocycles. The summed E-state index contributed by atoms with van der Waals surface area (Å²) in [5.41, 5.74) is 3.18.